The molecule has 1 saturated carbocycles. The first-order valence-corrected chi connectivity index (χ1v) is 9.91. The number of hydrogen-bond acceptors (Lipinski definition) is 3. The fourth-order valence-electron chi connectivity index (χ4n) is 3.57. The minimum absolute atomic E-state index is 0.119. The smallest absolute Gasteiger partial charge is 0.321 e. The van der Waals surface area contributed by atoms with Crippen LogP contribution in [0, 0.1) is 0 Å². The summed E-state index contributed by atoms with van der Waals surface area (Å²) in [6.45, 7) is 1.25. The summed E-state index contributed by atoms with van der Waals surface area (Å²) in [5.74, 6) is 0.415. The second-order valence-electron chi connectivity index (χ2n) is 7.05. The third-order valence-corrected chi connectivity index (χ3v) is 5.38. The number of ether oxygens (including phenoxy) is 1. The van der Waals surface area contributed by atoms with Gasteiger partial charge in [-0.05, 0) is 68.1 Å². The molecule has 2 aliphatic rings. The van der Waals surface area contributed by atoms with Crippen LogP contribution in [-0.2, 0) is 0 Å². The van der Waals surface area contributed by atoms with E-state index in [1.807, 2.05) is 0 Å². The van der Waals surface area contributed by atoms with Gasteiger partial charge in [-0.2, -0.15) is 0 Å². The Balaban J connectivity index is 1.40. The number of anilines is 2. The van der Waals surface area contributed by atoms with Gasteiger partial charge in [0.2, 0.25) is 0 Å². The molecule has 1 aliphatic carbocycles. The minimum atomic E-state index is -0.238. The second-order valence-corrected chi connectivity index (χ2v) is 7.46. The lowest BCUT2D eigenvalue weighted by Crippen LogP contribution is -2.27. The third kappa shape index (κ3) is 4.07. The van der Waals surface area contributed by atoms with E-state index in [4.69, 9.17) is 16.3 Å². The molecule has 146 valence electrons. The quantitative estimate of drug-likeness (QED) is 0.780. The summed E-state index contributed by atoms with van der Waals surface area (Å²) in [5, 5.41) is 6.09. The van der Waals surface area contributed by atoms with Crippen molar-refractivity contribution < 1.29 is 14.3 Å². The van der Waals surface area contributed by atoms with Crippen LogP contribution in [0.3, 0.4) is 0 Å². The zero-order valence-corrected chi connectivity index (χ0v) is 16.2. The summed E-state index contributed by atoms with van der Waals surface area (Å²) in [4.78, 5) is 25.9. The molecule has 1 aliphatic heterocycles. The maximum atomic E-state index is 12.5. The van der Waals surface area contributed by atoms with Crippen LogP contribution in [0.4, 0.5) is 16.2 Å². The lowest BCUT2D eigenvalue weighted by Gasteiger charge is -2.16. The maximum Gasteiger partial charge on any atom is 0.321 e. The summed E-state index contributed by atoms with van der Waals surface area (Å²) in [5.41, 5.74) is 1.88. The molecule has 2 aromatic rings. The molecular weight excluding hydrogens is 378 g/mol. The second kappa shape index (κ2) is 8.10. The molecule has 3 amide bonds. The van der Waals surface area contributed by atoms with Crippen LogP contribution in [-0.4, -0.2) is 31.1 Å². The first-order valence-electron chi connectivity index (χ1n) is 9.53. The highest BCUT2D eigenvalue weighted by Gasteiger charge is 2.21. The Labute approximate surface area is 168 Å². The first-order chi connectivity index (χ1) is 13.6. The number of hydrogen-bond donors (Lipinski definition) is 2. The van der Waals surface area contributed by atoms with Crippen molar-refractivity contribution >= 4 is 34.9 Å². The van der Waals surface area contributed by atoms with Crippen LogP contribution in [0.15, 0.2) is 42.5 Å². The Morgan fingerprint density at radius 2 is 1.89 bits per heavy atom. The van der Waals surface area contributed by atoms with Gasteiger partial charge in [-0.25, -0.2) is 4.79 Å². The van der Waals surface area contributed by atoms with E-state index in [0.29, 0.717) is 35.1 Å². The molecule has 0 atom stereocenters. The number of carbonyl (C=O) groups is 2. The fraction of sp³-hybridized carbons (Fsp3) is 0.333. The lowest BCUT2D eigenvalue weighted by atomic mass is 10.1. The molecule has 0 unspecified atom stereocenters. The number of urea groups is 1. The van der Waals surface area contributed by atoms with Gasteiger partial charge >= 0.3 is 6.03 Å². The largest absolute Gasteiger partial charge is 0.489 e. The van der Waals surface area contributed by atoms with Gasteiger partial charge in [-0.15, -0.1) is 0 Å². The van der Waals surface area contributed by atoms with Gasteiger partial charge in [0.25, 0.3) is 5.91 Å². The third-order valence-electron chi connectivity index (χ3n) is 5.08. The molecule has 0 aromatic heterocycles. The highest BCUT2D eigenvalue weighted by Crippen LogP contribution is 2.32. The number of nitrogens with zero attached hydrogens (tertiary/aromatic N) is 1. The Morgan fingerprint density at radius 1 is 1.14 bits per heavy atom. The predicted molar refractivity (Wildman–Crippen MR) is 109 cm³/mol. The number of halogens is 1. The van der Waals surface area contributed by atoms with E-state index in [-0.39, 0.29) is 18.0 Å². The van der Waals surface area contributed by atoms with Crippen LogP contribution >= 0.6 is 11.6 Å². The maximum absolute atomic E-state index is 12.5. The van der Waals surface area contributed by atoms with E-state index in [2.05, 4.69) is 10.6 Å². The van der Waals surface area contributed by atoms with Crippen molar-refractivity contribution in [1.82, 2.24) is 5.32 Å². The molecule has 4 rings (SSSR count). The summed E-state index contributed by atoms with van der Waals surface area (Å²) in [6, 6.07) is 12.1. The summed E-state index contributed by atoms with van der Waals surface area (Å²) < 4.78 is 5.94. The van der Waals surface area contributed by atoms with E-state index >= 15 is 0 Å². The molecule has 2 fully saturated rings. The summed E-state index contributed by atoms with van der Waals surface area (Å²) in [7, 11) is 0. The average molecular weight is 400 g/mol. The van der Waals surface area contributed by atoms with Crippen LogP contribution in [0.25, 0.3) is 0 Å². The van der Waals surface area contributed by atoms with E-state index in [1.54, 1.807) is 47.4 Å². The number of amides is 3. The number of rotatable bonds is 5. The average Bonchev–Trinajstić information content (AvgIpc) is 3.36. The molecule has 2 aromatic carbocycles. The molecule has 7 heteroatoms. The lowest BCUT2D eigenvalue weighted by molar-refractivity contribution is 0.102. The van der Waals surface area contributed by atoms with Crippen molar-refractivity contribution in [2.75, 3.05) is 23.3 Å². The van der Waals surface area contributed by atoms with Crippen molar-refractivity contribution in [3.63, 3.8) is 0 Å². The van der Waals surface area contributed by atoms with Crippen molar-refractivity contribution in [2.45, 2.75) is 31.8 Å². The van der Waals surface area contributed by atoms with Crippen LogP contribution in [0.5, 0.6) is 5.75 Å². The van der Waals surface area contributed by atoms with Gasteiger partial charge in [-0.3, -0.25) is 9.69 Å². The molecule has 1 heterocycles. The SMILES string of the molecule is O=C(Nc1ccc(OC2CCCC2)c(Cl)c1)c1ccc(N2CCNC2=O)cc1. The monoisotopic (exact) mass is 399 g/mol. The van der Waals surface area contributed by atoms with Crippen LogP contribution in [0.2, 0.25) is 5.02 Å². The Bertz CT molecular complexity index is 879. The predicted octanol–water partition coefficient (Wildman–Crippen LogP) is 4.44. The highest BCUT2D eigenvalue weighted by molar-refractivity contribution is 6.32. The molecule has 0 spiro atoms. The van der Waals surface area contributed by atoms with Crippen molar-refractivity contribution in [2.24, 2.45) is 0 Å². The van der Waals surface area contributed by atoms with E-state index in [0.717, 1.165) is 18.5 Å². The van der Waals surface area contributed by atoms with E-state index in [1.165, 1.54) is 12.8 Å². The van der Waals surface area contributed by atoms with Crippen molar-refractivity contribution in [1.29, 1.82) is 0 Å². The Morgan fingerprint density at radius 3 is 2.54 bits per heavy atom. The highest BCUT2D eigenvalue weighted by atomic mass is 35.5. The van der Waals surface area contributed by atoms with Crippen LogP contribution in [0.1, 0.15) is 36.0 Å². The van der Waals surface area contributed by atoms with Gasteiger partial charge in [0, 0.05) is 30.0 Å². The minimum Gasteiger partial charge on any atom is -0.489 e. The van der Waals surface area contributed by atoms with Crippen molar-refractivity contribution in [3.05, 3.63) is 53.1 Å². The van der Waals surface area contributed by atoms with Gasteiger partial charge in [0.15, 0.2) is 0 Å². The van der Waals surface area contributed by atoms with Gasteiger partial charge in [0.05, 0.1) is 11.1 Å². The molecule has 28 heavy (non-hydrogen) atoms. The molecule has 1 saturated heterocycles. The number of nitrogens with one attached hydrogen (secondary N) is 2. The molecule has 2 N–H and O–H groups in total. The topological polar surface area (TPSA) is 70.7 Å². The van der Waals surface area contributed by atoms with Crippen molar-refractivity contribution in [3.8, 4) is 5.75 Å². The number of carbonyl (C=O) groups excluding carboxylic acids is 2. The molecule has 6 nitrogen and oxygen atoms in total. The van der Waals surface area contributed by atoms with Gasteiger partial charge in [0.1, 0.15) is 5.75 Å². The summed E-state index contributed by atoms with van der Waals surface area (Å²) >= 11 is 6.32. The zero-order chi connectivity index (χ0) is 19.5. The van der Waals surface area contributed by atoms with Crippen LogP contribution < -0.4 is 20.3 Å². The number of benzene rings is 2. The standard InChI is InChI=1S/C21H22ClN3O3/c22-18-13-15(7-10-19(18)28-17-3-1-2-4-17)24-20(26)14-5-8-16(9-6-14)25-12-11-23-21(25)27/h5-10,13,17H,1-4,11-12H2,(H,23,27)(H,24,26). The Kier molecular flexibility index (Phi) is 5.39. The normalized spacial score (nSPS) is 16.9. The van der Waals surface area contributed by atoms with E-state index in [9.17, 15) is 9.59 Å². The fourth-order valence-corrected chi connectivity index (χ4v) is 3.80. The van der Waals surface area contributed by atoms with Gasteiger partial charge < -0.3 is 15.4 Å². The zero-order valence-electron chi connectivity index (χ0n) is 15.4. The summed E-state index contributed by atoms with van der Waals surface area (Å²) in [6.07, 6.45) is 4.73. The first kappa shape index (κ1) is 18.6. The molecule has 0 bridgehead atoms. The Hall–Kier alpha value is -2.73. The molecule has 0 radical (unpaired) electrons. The van der Waals surface area contributed by atoms with E-state index < -0.39 is 0 Å². The molecular formula is C21H22ClN3O3. The van der Waals surface area contributed by atoms with Gasteiger partial charge in [-0.1, -0.05) is 11.6 Å².